The molecule has 0 saturated heterocycles. The average Bonchev–Trinajstić information content (AvgIpc) is 2.25. The Morgan fingerprint density at radius 3 is 2.87 bits per heavy atom. The Labute approximate surface area is 97.7 Å². The van der Waals surface area contributed by atoms with Crippen molar-refractivity contribution in [3.05, 3.63) is 34.3 Å². The van der Waals surface area contributed by atoms with Gasteiger partial charge in [-0.25, -0.2) is 5.43 Å². The molecule has 1 amide bonds. The molecule has 3 nitrogen and oxygen atoms in total. The van der Waals surface area contributed by atoms with Crippen LogP contribution in [0.25, 0.3) is 0 Å². The zero-order valence-corrected chi connectivity index (χ0v) is 10.3. The first kappa shape index (κ1) is 11.9. The van der Waals surface area contributed by atoms with Crippen LogP contribution in [0.2, 0.25) is 0 Å². The molecule has 0 aromatic heterocycles. The summed E-state index contributed by atoms with van der Waals surface area (Å²) >= 11 is 3.31. The molecule has 0 heterocycles. The number of amides is 1. The van der Waals surface area contributed by atoms with Crippen LogP contribution in [0.15, 0.2) is 33.8 Å². The smallest absolute Gasteiger partial charge is 0.267 e. The monoisotopic (exact) mass is 268 g/mol. The van der Waals surface area contributed by atoms with E-state index in [1.807, 2.05) is 26.0 Å². The van der Waals surface area contributed by atoms with Crippen molar-refractivity contribution in [1.29, 1.82) is 0 Å². The van der Waals surface area contributed by atoms with Gasteiger partial charge in [0.1, 0.15) is 0 Å². The van der Waals surface area contributed by atoms with E-state index in [1.165, 1.54) is 0 Å². The quantitative estimate of drug-likeness (QED) is 0.665. The number of carbonyl (C=O) groups is 1. The van der Waals surface area contributed by atoms with E-state index in [0.717, 1.165) is 16.6 Å². The number of hydrogen-bond donors (Lipinski definition) is 1. The van der Waals surface area contributed by atoms with Gasteiger partial charge in [-0.1, -0.05) is 28.9 Å². The van der Waals surface area contributed by atoms with Gasteiger partial charge in [0.15, 0.2) is 0 Å². The molecule has 0 bridgehead atoms. The summed E-state index contributed by atoms with van der Waals surface area (Å²) in [5.74, 6) is -0.191. The van der Waals surface area contributed by atoms with Crippen molar-refractivity contribution in [2.45, 2.75) is 20.3 Å². The standard InChI is InChI=1S/C11H13BrN2O/c1-3-8(2)13-14-11(15)9-5-4-6-10(12)7-9/h4-7H,3H2,1-2H3,(H,14,15)/b13-8+. The van der Waals surface area contributed by atoms with Crippen LogP contribution < -0.4 is 5.43 Å². The Morgan fingerprint density at radius 2 is 2.27 bits per heavy atom. The van der Waals surface area contributed by atoms with Crippen molar-refractivity contribution in [1.82, 2.24) is 5.43 Å². The van der Waals surface area contributed by atoms with Crippen molar-refractivity contribution in [3.63, 3.8) is 0 Å². The molecule has 15 heavy (non-hydrogen) atoms. The predicted molar refractivity (Wildman–Crippen MR) is 65.0 cm³/mol. The van der Waals surface area contributed by atoms with Crippen LogP contribution in [0.1, 0.15) is 30.6 Å². The fourth-order valence-corrected chi connectivity index (χ4v) is 1.32. The summed E-state index contributed by atoms with van der Waals surface area (Å²) in [6, 6.07) is 7.19. The van der Waals surface area contributed by atoms with E-state index in [9.17, 15) is 4.79 Å². The second-order valence-electron chi connectivity index (χ2n) is 3.15. The second-order valence-corrected chi connectivity index (χ2v) is 4.07. The average molecular weight is 269 g/mol. The summed E-state index contributed by atoms with van der Waals surface area (Å²) in [4.78, 5) is 11.6. The molecule has 0 aliphatic carbocycles. The molecule has 80 valence electrons. The molecule has 0 saturated carbocycles. The van der Waals surface area contributed by atoms with Crippen molar-refractivity contribution in [2.24, 2.45) is 5.10 Å². The number of nitrogens with one attached hydrogen (secondary N) is 1. The van der Waals surface area contributed by atoms with E-state index < -0.39 is 0 Å². The highest BCUT2D eigenvalue weighted by Crippen LogP contribution is 2.11. The number of hydrazone groups is 1. The third-order valence-electron chi connectivity index (χ3n) is 1.95. The van der Waals surface area contributed by atoms with E-state index in [1.54, 1.807) is 12.1 Å². The topological polar surface area (TPSA) is 41.5 Å². The molecule has 4 heteroatoms. The first-order valence-corrected chi connectivity index (χ1v) is 5.52. The molecule has 0 fully saturated rings. The summed E-state index contributed by atoms with van der Waals surface area (Å²) in [5, 5.41) is 3.95. The Kier molecular flexibility index (Phi) is 4.49. The SMILES string of the molecule is CC/C(C)=N/NC(=O)c1cccc(Br)c1. The van der Waals surface area contributed by atoms with E-state index in [2.05, 4.69) is 26.5 Å². The summed E-state index contributed by atoms with van der Waals surface area (Å²) in [7, 11) is 0. The van der Waals surface area contributed by atoms with E-state index in [0.29, 0.717) is 5.56 Å². The lowest BCUT2D eigenvalue weighted by Crippen LogP contribution is -2.18. The Balaban J connectivity index is 2.70. The summed E-state index contributed by atoms with van der Waals surface area (Å²) in [6.45, 7) is 3.87. The minimum Gasteiger partial charge on any atom is -0.267 e. The number of rotatable bonds is 3. The van der Waals surface area contributed by atoms with Gasteiger partial charge in [0.25, 0.3) is 5.91 Å². The number of halogens is 1. The lowest BCUT2D eigenvalue weighted by Gasteiger charge is -2.01. The molecule has 0 radical (unpaired) electrons. The van der Waals surface area contributed by atoms with Crippen LogP contribution in [0, 0.1) is 0 Å². The highest BCUT2D eigenvalue weighted by molar-refractivity contribution is 9.10. The molecule has 0 spiro atoms. The number of benzene rings is 1. The van der Waals surface area contributed by atoms with Gasteiger partial charge in [-0.3, -0.25) is 4.79 Å². The van der Waals surface area contributed by atoms with Crippen LogP contribution in [0.4, 0.5) is 0 Å². The van der Waals surface area contributed by atoms with E-state index in [-0.39, 0.29) is 5.91 Å². The molecular formula is C11H13BrN2O. The van der Waals surface area contributed by atoms with Gasteiger partial charge in [0, 0.05) is 15.7 Å². The van der Waals surface area contributed by atoms with Gasteiger partial charge in [0.05, 0.1) is 0 Å². The van der Waals surface area contributed by atoms with Crippen molar-refractivity contribution >= 4 is 27.5 Å². The molecule has 0 unspecified atom stereocenters. The zero-order valence-electron chi connectivity index (χ0n) is 8.75. The fourth-order valence-electron chi connectivity index (χ4n) is 0.920. The lowest BCUT2D eigenvalue weighted by atomic mass is 10.2. The van der Waals surface area contributed by atoms with Crippen LogP contribution in [-0.2, 0) is 0 Å². The van der Waals surface area contributed by atoms with Crippen LogP contribution >= 0.6 is 15.9 Å². The Bertz CT molecular complexity index is 388. The third kappa shape index (κ3) is 3.83. The molecule has 0 atom stereocenters. The highest BCUT2D eigenvalue weighted by atomic mass is 79.9. The molecule has 1 rings (SSSR count). The van der Waals surface area contributed by atoms with Crippen LogP contribution in [-0.4, -0.2) is 11.6 Å². The van der Waals surface area contributed by atoms with Gasteiger partial charge < -0.3 is 0 Å². The van der Waals surface area contributed by atoms with Gasteiger partial charge in [-0.15, -0.1) is 0 Å². The Hall–Kier alpha value is -1.16. The first-order chi connectivity index (χ1) is 7.13. The Morgan fingerprint density at radius 1 is 1.53 bits per heavy atom. The van der Waals surface area contributed by atoms with Gasteiger partial charge in [-0.05, 0) is 31.5 Å². The lowest BCUT2D eigenvalue weighted by molar-refractivity contribution is 0.0954. The summed E-state index contributed by atoms with van der Waals surface area (Å²) in [5.41, 5.74) is 4.00. The molecule has 1 aromatic carbocycles. The zero-order chi connectivity index (χ0) is 11.3. The molecule has 1 aromatic rings. The molecule has 1 N–H and O–H groups in total. The normalized spacial score (nSPS) is 11.3. The predicted octanol–water partition coefficient (Wildman–Crippen LogP) is 2.96. The van der Waals surface area contributed by atoms with Gasteiger partial charge >= 0.3 is 0 Å². The van der Waals surface area contributed by atoms with Gasteiger partial charge in [0.2, 0.25) is 0 Å². The van der Waals surface area contributed by atoms with Crippen LogP contribution in [0.3, 0.4) is 0 Å². The largest absolute Gasteiger partial charge is 0.271 e. The summed E-state index contributed by atoms with van der Waals surface area (Å²) < 4.78 is 0.881. The summed E-state index contributed by atoms with van der Waals surface area (Å²) in [6.07, 6.45) is 0.832. The van der Waals surface area contributed by atoms with E-state index in [4.69, 9.17) is 0 Å². The fraction of sp³-hybridized carbons (Fsp3) is 0.273. The van der Waals surface area contributed by atoms with E-state index >= 15 is 0 Å². The second kappa shape index (κ2) is 5.66. The van der Waals surface area contributed by atoms with Crippen molar-refractivity contribution in [3.8, 4) is 0 Å². The maximum Gasteiger partial charge on any atom is 0.271 e. The first-order valence-electron chi connectivity index (χ1n) is 4.72. The minimum atomic E-state index is -0.191. The number of carbonyl (C=O) groups excluding carboxylic acids is 1. The third-order valence-corrected chi connectivity index (χ3v) is 2.44. The minimum absolute atomic E-state index is 0.191. The van der Waals surface area contributed by atoms with Crippen LogP contribution in [0.5, 0.6) is 0 Å². The highest BCUT2D eigenvalue weighted by Gasteiger charge is 2.03. The molecule has 0 aliphatic heterocycles. The number of nitrogens with zero attached hydrogens (tertiary/aromatic N) is 1. The molecule has 0 aliphatic rings. The van der Waals surface area contributed by atoms with Crippen molar-refractivity contribution < 1.29 is 4.79 Å². The maximum absolute atomic E-state index is 11.6. The van der Waals surface area contributed by atoms with Crippen molar-refractivity contribution in [2.75, 3.05) is 0 Å². The maximum atomic E-state index is 11.6. The molecular weight excluding hydrogens is 256 g/mol. The van der Waals surface area contributed by atoms with Gasteiger partial charge in [-0.2, -0.15) is 5.10 Å². The number of hydrogen-bond acceptors (Lipinski definition) is 2.